The van der Waals surface area contributed by atoms with Crippen LogP contribution in [0, 0.1) is 0 Å². The van der Waals surface area contributed by atoms with E-state index >= 15 is 0 Å². The van der Waals surface area contributed by atoms with Crippen LogP contribution in [0.4, 0.5) is 0 Å². The molecule has 7 heteroatoms. The Morgan fingerprint density at radius 3 is 2.54 bits per heavy atom. The van der Waals surface area contributed by atoms with Crippen molar-refractivity contribution in [3.63, 3.8) is 0 Å². The predicted octanol–water partition coefficient (Wildman–Crippen LogP) is 2.08. The van der Waals surface area contributed by atoms with E-state index in [1.165, 1.54) is 24.7 Å². The molecule has 2 aromatic rings. The van der Waals surface area contributed by atoms with Crippen LogP contribution >= 0.6 is 11.6 Å². The molecule has 0 saturated heterocycles. The molecule has 0 spiro atoms. The minimum absolute atomic E-state index is 0.190. The van der Waals surface area contributed by atoms with Gasteiger partial charge in [0, 0.05) is 36.6 Å². The van der Waals surface area contributed by atoms with Crippen molar-refractivity contribution < 1.29 is 9.59 Å². The van der Waals surface area contributed by atoms with Crippen LogP contribution in [0.1, 0.15) is 22.5 Å². The highest BCUT2D eigenvalue weighted by atomic mass is 35.5. The fourth-order valence-corrected chi connectivity index (χ4v) is 1.94. The van der Waals surface area contributed by atoms with E-state index < -0.39 is 0 Å². The molecular weight excluding hydrogens is 328 g/mol. The summed E-state index contributed by atoms with van der Waals surface area (Å²) in [6.45, 7) is 0.904. The second-order valence-corrected chi connectivity index (χ2v) is 5.31. The van der Waals surface area contributed by atoms with E-state index in [1.807, 2.05) is 12.1 Å². The highest BCUT2D eigenvalue weighted by Gasteiger charge is 2.05. The Morgan fingerprint density at radius 2 is 1.83 bits per heavy atom. The van der Waals surface area contributed by atoms with Crippen LogP contribution in [0.2, 0.25) is 5.02 Å². The third-order valence-electron chi connectivity index (χ3n) is 3.03. The Morgan fingerprint density at radius 1 is 1.08 bits per heavy atom. The number of halogens is 1. The van der Waals surface area contributed by atoms with Gasteiger partial charge in [0.1, 0.15) is 5.69 Å². The minimum Gasteiger partial charge on any atom is -0.352 e. The zero-order chi connectivity index (χ0) is 17.2. The Bertz CT molecular complexity index is 702. The van der Waals surface area contributed by atoms with Gasteiger partial charge in [-0.3, -0.25) is 14.6 Å². The molecule has 0 unspecified atom stereocenters. The van der Waals surface area contributed by atoms with E-state index in [2.05, 4.69) is 20.6 Å². The van der Waals surface area contributed by atoms with Gasteiger partial charge in [0.2, 0.25) is 5.91 Å². The van der Waals surface area contributed by atoms with Gasteiger partial charge in [0.25, 0.3) is 5.91 Å². The zero-order valence-electron chi connectivity index (χ0n) is 12.9. The molecular formula is C17H17ClN4O2. The minimum atomic E-state index is -0.280. The summed E-state index contributed by atoms with van der Waals surface area (Å²) in [6, 6.07) is 7.18. The highest BCUT2D eigenvalue weighted by molar-refractivity contribution is 6.30. The Balaban J connectivity index is 1.62. The van der Waals surface area contributed by atoms with E-state index in [1.54, 1.807) is 18.2 Å². The van der Waals surface area contributed by atoms with Gasteiger partial charge in [-0.2, -0.15) is 0 Å². The van der Waals surface area contributed by atoms with E-state index in [9.17, 15) is 9.59 Å². The first-order chi connectivity index (χ1) is 11.6. The Labute approximate surface area is 145 Å². The second kappa shape index (κ2) is 9.42. The number of hydrogen-bond acceptors (Lipinski definition) is 4. The van der Waals surface area contributed by atoms with Gasteiger partial charge >= 0.3 is 0 Å². The highest BCUT2D eigenvalue weighted by Crippen LogP contribution is 2.10. The molecule has 124 valence electrons. The van der Waals surface area contributed by atoms with Crippen molar-refractivity contribution in [2.24, 2.45) is 0 Å². The first kappa shape index (κ1) is 17.6. The summed E-state index contributed by atoms with van der Waals surface area (Å²) in [5.74, 6) is -0.470. The number of amides is 2. The quantitative estimate of drug-likeness (QED) is 0.595. The summed E-state index contributed by atoms with van der Waals surface area (Å²) in [5.41, 5.74) is 1.17. The fourth-order valence-electron chi connectivity index (χ4n) is 1.81. The summed E-state index contributed by atoms with van der Waals surface area (Å²) >= 11 is 5.79. The van der Waals surface area contributed by atoms with E-state index in [0.29, 0.717) is 24.5 Å². The molecule has 0 bridgehead atoms. The third kappa shape index (κ3) is 6.18. The number of rotatable bonds is 7. The predicted molar refractivity (Wildman–Crippen MR) is 92.5 cm³/mol. The van der Waals surface area contributed by atoms with Gasteiger partial charge < -0.3 is 10.6 Å². The van der Waals surface area contributed by atoms with Crippen molar-refractivity contribution in [1.82, 2.24) is 20.6 Å². The van der Waals surface area contributed by atoms with Gasteiger partial charge in [-0.25, -0.2) is 4.98 Å². The number of benzene rings is 1. The average molecular weight is 345 g/mol. The maximum atomic E-state index is 11.7. The molecule has 0 fully saturated rings. The Hall–Kier alpha value is -2.73. The van der Waals surface area contributed by atoms with Crippen LogP contribution in [0.15, 0.2) is 48.9 Å². The average Bonchev–Trinajstić information content (AvgIpc) is 2.61. The molecule has 2 rings (SSSR count). The summed E-state index contributed by atoms with van der Waals surface area (Å²) < 4.78 is 0. The summed E-state index contributed by atoms with van der Waals surface area (Å²) in [5, 5.41) is 6.11. The first-order valence-electron chi connectivity index (χ1n) is 7.41. The number of aromatic nitrogens is 2. The lowest BCUT2D eigenvalue weighted by atomic mass is 10.2. The monoisotopic (exact) mass is 344 g/mol. The number of hydrogen-bond donors (Lipinski definition) is 2. The molecule has 2 amide bonds. The number of nitrogens with one attached hydrogen (secondary N) is 2. The fraction of sp³-hybridized carbons (Fsp3) is 0.176. The Kier molecular flexibility index (Phi) is 6.91. The lowest BCUT2D eigenvalue weighted by Crippen LogP contribution is -2.29. The smallest absolute Gasteiger partial charge is 0.271 e. The van der Waals surface area contributed by atoms with Crippen molar-refractivity contribution >= 4 is 29.5 Å². The molecule has 6 nitrogen and oxygen atoms in total. The van der Waals surface area contributed by atoms with Crippen LogP contribution in [0.25, 0.3) is 6.08 Å². The van der Waals surface area contributed by atoms with Crippen LogP contribution in [0.5, 0.6) is 0 Å². The molecule has 0 radical (unpaired) electrons. The van der Waals surface area contributed by atoms with Gasteiger partial charge in [-0.1, -0.05) is 23.7 Å². The number of carbonyl (C=O) groups is 2. The zero-order valence-corrected chi connectivity index (χ0v) is 13.7. The molecule has 0 atom stereocenters. The van der Waals surface area contributed by atoms with Gasteiger partial charge in [-0.05, 0) is 30.2 Å². The number of carbonyl (C=O) groups excluding carboxylic acids is 2. The summed E-state index contributed by atoms with van der Waals surface area (Å²) in [4.78, 5) is 31.1. The molecule has 1 aromatic carbocycles. The van der Waals surface area contributed by atoms with E-state index in [0.717, 1.165) is 5.56 Å². The van der Waals surface area contributed by atoms with Crippen molar-refractivity contribution in [3.8, 4) is 0 Å². The van der Waals surface area contributed by atoms with Crippen LogP contribution < -0.4 is 10.6 Å². The molecule has 0 saturated carbocycles. The third-order valence-corrected chi connectivity index (χ3v) is 3.28. The molecule has 1 heterocycles. The molecule has 1 aromatic heterocycles. The molecule has 2 N–H and O–H groups in total. The maximum Gasteiger partial charge on any atom is 0.271 e. The van der Waals surface area contributed by atoms with Crippen molar-refractivity contribution in [2.45, 2.75) is 6.42 Å². The molecule has 0 aliphatic carbocycles. The van der Waals surface area contributed by atoms with Crippen LogP contribution in [0.3, 0.4) is 0 Å². The van der Waals surface area contributed by atoms with Crippen LogP contribution in [-0.2, 0) is 4.79 Å². The first-order valence-corrected chi connectivity index (χ1v) is 7.78. The molecule has 24 heavy (non-hydrogen) atoms. The lowest BCUT2D eigenvalue weighted by molar-refractivity contribution is -0.116. The summed E-state index contributed by atoms with van der Waals surface area (Å²) in [6.07, 6.45) is 8.15. The standard InChI is InChI=1S/C17H17ClN4O2/c18-14-5-2-13(3-6-14)4-7-16(23)21-8-1-9-22-17(24)15-12-19-10-11-20-15/h2-7,10-12H,1,8-9H2,(H,21,23)(H,22,24). The SMILES string of the molecule is O=C(C=Cc1ccc(Cl)cc1)NCCCNC(=O)c1cnccn1. The van der Waals surface area contributed by atoms with E-state index in [-0.39, 0.29) is 17.5 Å². The lowest BCUT2D eigenvalue weighted by Gasteiger charge is -2.05. The van der Waals surface area contributed by atoms with Crippen LogP contribution in [-0.4, -0.2) is 34.9 Å². The van der Waals surface area contributed by atoms with Crippen molar-refractivity contribution in [3.05, 3.63) is 65.2 Å². The summed E-state index contributed by atoms with van der Waals surface area (Å²) in [7, 11) is 0. The van der Waals surface area contributed by atoms with Gasteiger partial charge in [0.15, 0.2) is 0 Å². The van der Waals surface area contributed by atoms with Gasteiger partial charge in [0.05, 0.1) is 6.20 Å². The maximum absolute atomic E-state index is 11.7. The number of nitrogens with zero attached hydrogens (tertiary/aromatic N) is 2. The molecule has 0 aliphatic heterocycles. The second-order valence-electron chi connectivity index (χ2n) is 4.88. The normalized spacial score (nSPS) is 10.5. The van der Waals surface area contributed by atoms with Crippen molar-refractivity contribution in [1.29, 1.82) is 0 Å². The topological polar surface area (TPSA) is 84.0 Å². The largest absolute Gasteiger partial charge is 0.352 e. The van der Waals surface area contributed by atoms with Gasteiger partial charge in [-0.15, -0.1) is 0 Å². The van der Waals surface area contributed by atoms with Crippen molar-refractivity contribution in [2.75, 3.05) is 13.1 Å². The van der Waals surface area contributed by atoms with E-state index in [4.69, 9.17) is 11.6 Å². The molecule has 0 aliphatic rings.